The second-order valence-corrected chi connectivity index (χ2v) is 5.93. The molecule has 114 valence electrons. The van der Waals surface area contributed by atoms with Gasteiger partial charge < -0.3 is 15.0 Å². The number of hydrogen-bond donors (Lipinski definition) is 1. The van der Waals surface area contributed by atoms with Gasteiger partial charge in [0.2, 0.25) is 0 Å². The minimum atomic E-state index is -0.0511. The first-order valence-electron chi connectivity index (χ1n) is 7.50. The number of ether oxygens (including phenoxy) is 1. The Morgan fingerprint density at radius 1 is 1.14 bits per heavy atom. The van der Waals surface area contributed by atoms with E-state index >= 15 is 0 Å². The fourth-order valence-electron chi connectivity index (χ4n) is 2.36. The molecule has 2 aromatic rings. The van der Waals surface area contributed by atoms with Crippen LogP contribution >= 0.6 is 0 Å². The van der Waals surface area contributed by atoms with Gasteiger partial charge in [0.1, 0.15) is 11.6 Å². The molecule has 0 aliphatic carbocycles. The van der Waals surface area contributed by atoms with E-state index in [1.807, 2.05) is 50.5 Å². The lowest BCUT2D eigenvalue weighted by Gasteiger charge is -2.17. The van der Waals surface area contributed by atoms with Crippen molar-refractivity contribution in [2.45, 2.75) is 52.3 Å². The fraction of sp³-hybridized carbons (Fsp3) is 0.471. The minimum Gasteiger partial charge on any atom is -0.491 e. The first-order valence-corrected chi connectivity index (χ1v) is 7.50. The maximum absolute atomic E-state index is 6.32. The zero-order valence-corrected chi connectivity index (χ0v) is 13.3. The van der Waals surface area contributed by atoms with Crippen LogP contribution < -0.4 is 10.5 Å². The molecular formula is C17H25N3O. The van der Waals surface area contributed by atoms with Crippen molar-refractivity contribution in [2.24, 2.45) is 5.73 Å². The van der Waals surface area contributed by atoms with Crippen LogP contribution in [-0.2, 0) is 6.54 Å². The molecule has 1 atom stereocenters. The molecule has 21 heavy (non-hydrogen) atoms. The summed E-state index contributed by atoms with van der Waals surface area (Å²) in [6.07, 6.45) is 4.01. The van der Waals surface area contributed by atoms with Gasteiger partial charge in [-0.2, -0.15) is 0 Å². The van der Waals surface area contributed by atoms with Gasteiger partial charge in [-0.3, -0.25) is 0 Å². The van der Waals surface area contributed by atoms with Crippen molar-refractivity contribution in [1.29, 1.82) is 0 Å². The number of nitrogens with zero attached hydrogens (tertiary/aromatic N) is 2. The Hall–Kier alpha value is -1.81. The van der Waals surface area contributed by atoms with Crippen molar-refractivity contribution < 1.29 is 4.74 Å². The van der Waals surface area contributed by atoms with E-state index in [-0.39, 0.29) is 12.1 Å². The average molecular weight is 287 g/mol. The lowest BCUT2D eigenvalue weighted by Crippen LogP contribution is -2.19. The zero-order chi connectivity index (χ0) is 15.4. The molecule has 0 saturated carbocycles. The van der Waals surface area contributed by atoms with E-state index in [1.165, 1.54) is 0 Å². The summed E-state index contributed by atoms with van der Waals surface area (Å²) >= 11 is 0. The van der Waals surface area contributed by atoms with Crippen LogP contribution in [-0.4, -0.2) is 15.7 Å². The van der Waals surface area contributed by atoms with Gasteiger partial charge >= 0.3 is 0 Å². The summed E-state index contributed by atoms with van der Waals surface area (Å²) in [4.78, 5) is 4.40. The van der Waals surface area contributed by atoms with E-state index in [4.69, 9.17) is 10.5 Å². The second kappa shape index (κ2) is 6.76. The number of hydrogen-bond acceptors (Lipinski definition) is 3. The Morgan fingerprint density at radius 3 is 2.38 bits per heavy atom. The maximum Gasteiger partial charge on any atom is 0.119 e. The lowest BCUT2D eigenvalue weighted by atomic mass is 10.1. The number of aromatic nitrogens is 2. The molecule has 0 saturated heterocycles. The molecule has 0 aliphatic rings. The number of nitrogens with two attached hydrogens (primary N) is 1. The van der Waals surface area contributed by atoms with Crippen LogP contribution in [0.3, 0.4) is 0 Å². The van der Waals surface area contributed by atoms with Crippen molar-refractivity contribution in [3.63, 3.8) is 0 Å². The molecule has 2 N–H and O–H groups in total. The van der Waals surface area contributed by atoms with Gasteiger partial charge in [0.25, 0.3) is 0 Å². The summed E-state index contributed by atoms with van der Waals surface area (Å²) in [5.41, 5.74) is 7.42. The third-order valence-electron chi connectivity index (χ3n) is 3.34. The van der Waals surface area contributed by atoms with Gasteiger partial charge in [-0.1, -0.05) is 26.0 Å². The largest absolute Gasteiger partial charge is 0.491 e. The Labute approximate surface area is 127 Å². The monoisotopic (exact) mass is 287 g/mol. The molecule has 0 amide bonds. The summed E-state index contributed by atoms with van der Waals surface area (Å²) in [5.74, 6) is 2.35. The van der Waals surface area contributed by atoms with Gasteiger partial charge in [0, 0.05) is 30.9 Å². The van der Waals surface area contributed by atoms with Gasteiger partial charge in [-0.15, -0.1) is 0 Å². The molecule has 0 fully saturated rings. The molecule has 2 rings (SSSR count). The van der Waals surface area contributed by atoms with Crippen molar-refractivity contribution in [2.75, 3.05) is 0 Å². The second-order valence-electron chi connectivity index (χ2n) is 5.93. The average Bonchev–Trinajstić information content (AvgIpc) is 2.87. The van der Waals surface area contributed by atoms with Crippen molar-refractivity contribution in [3.05, 3.63) is 48.0 Å². The van der Waals surface area contributed by atoms with Crippen molar-refractivity contribution in [3.8, 4) is 5.75 Å². The molecule has 1 heterocycles. The minimum absolute atomic E-state index is 0.0511. The van der Waals surface area contributed by atoms with Crippen LogP contribution in [0, 0.1) is 0 Å². The summed E-state index contributed by atoms with van der Waals surface area (Å²) in [5, 5.41) is 0. The molecule has 1 aromatic heterocycles. The first kappa shape index (κ1) is 15.6. The van der Waals surface area contributed by atoms with E-state index < -0.39 is 0 Å². The predicted octanol–water partition coefficient (Wildman–Crippen LogP) is 3.49. The third kappa shape index (κ3) is 4.08. The fourth-order valence-corrected chi connectivity index (χ4v) is 2.36. The van der Waals surface area contributed by atoms with Crippen LogP contribution in [0.5, 0.6) is 5.75 Å². The highest BCUT2D eigenvalue weighted by Gasteiger charge is 2.12. The summed E-state index contributed by atoms with van der Waals surface area (Å²) in [7, 11) is 0. The topological polar surface area (TPSA) is 53.1 Å². The van der Waals surface area contributed by atoms with Gasteiger partial charge in [0.15, 0.2) is 0 Å². The third-order valence-corrected chi connectivity index (χ3v) is 3.34. The lowest BCUT2D eigenvalue weighted by molar-refractivity contribution is 0.242. The highest BCUT2D eigenvalue weighted by atomic mass is 16.5. The highest BCUT2D eigenvalue weighted by Crippen LogP contribution is 2.20. The molecule has 4 nitrogen and oxygen atoms in total. The highest BCUT2D eigenvalue weighted by molar-refractivity contribution is 5.29. The van der Waals surface area contributed by atoms with Crippen LogP contribution in [0.2, 0.25) is 0 Å². The number of rotatable bonds is 6. The summed E-state index contributed by atoms with van der Waals surface area (Å²) in [6, 6.07) is 7.98. The van der Waals surface area contributed by atoms with Gasteiger partial charge in [-0.25, -0.2) is 4.98 Å². The molecule has 0 bridgehead atoms. The molecule has 1 aromatic carbocycles. The maximum atomic E-state index is 6.32. The molecule has 0 aliphatic heterocycles. The quantitative estimate of drug-likeness (QED) is 0.884. The molecule has 0 spiro atoms. The normalized spacial score (nSPS) is 12.9. The van der Waals surface area contributed by atoms with Gasteiger partial charge in [-0.05, 0) is 31.5 Å². The SMILES string of the molecule is CC(C)Oc1ccc(C(N)Cn2ccnc2C(C)C)cc1. The van der Waals surface area contributed by atoms with Gasteiger partial charge in [0.05, 0.1) is 6.10 Å². The molecular weight excluding hydrogens is 262 g/mol. The molecule has 1 unspecified atom stereocenters. The summed E-state index contributed by atoms with van der Waals surface area (Å²) in [6.45, 7) is 9.06. The van der Waals surface area contributed by atoms with Crippen LogP contribution in [0.15, 0.2) is 36.7 Å². The zero-order valence-electron chi connectivity index (χ0n) is 13.3. The van der Waals surface area contributed by atoms with E-state index in [0.29, 0.717) is 5.92 Å². The van der Waals surface area contributed by atoms with E-state index in [2.05, 4.69) is 23.4 Å². The van der Waals surface area contributed by atoms with Crippen molar-refractivity contribution >= 4 is 0 Å². The Balaban J connectivity index is 2.06. The Kier molecular flexibility index (Phi) is 5.02. The Bertz CT molecular complexity index is 558. The van der Waals surface area contributed by atoms with Crippen LogP contribution in [0.25, 0.3) is 0 Å². The first-order chi connectivity index (χ1) is 9.97. The van der Waals surface area contributed by atoms with Crippen molar-refractivity contribution in [1.82, 2.24) is 9.55 Å². The smallest absolute Gasteiger partial charge is 0.119 e. The Morgan fingerprint density at radius 2 is 1.81 bits per heavy atom. The number of benzene rings is 1. The van der Waals surface area contributed by atoms with E-state index in [1.54, 1.807) is 0 Å². The van der Waals surface area contributed by atoms with Crippen LogP contribution in [0.4, 0.5) is 0 Å². The van der Waals surface area contributed by atoms with E-state index in [9.17, 15) is 0 Å². The molecule has 0 radical (unpaired) electrons. The number of imidazole rings is 1. The van der Waals surface area contributed by atoms with Crippen LogP contribution in [0.1, 0.15) is 51.0 Å². The predicted molar refractivity (Wildman–Crippen MR) is 85.5 cm³/mol. The summed E-state index contributed by atoms with van der Waals surface area (Å²) < 4.78 is 7.78. The molecule has 4 heteroatoms. The van der Waals surface area contributed by atoms with E-state index in [0.717, 1.165) is 23.7 Å². The standard InChI is InChI=1S/C17H25N3O/c1-12(2)17-19-9-10-20(17)11-16(18)14-5-7-15(8-6-14)21-13(3)4/h5-10,12-13,16H,11,18H2,1-4H3.